The minimum atomic E-state index is -4.90. The fraction of sp³-hybridized carbons (Fsp3) is 0.379. The summed E-state index contributed by atoms with van der Waals surface area (Å²) < 4.78 is 87.0. The van der Waals surface area contributed by atoms with Crippen molar-refractivity contribution < 1.29 is 31.1 Å². The number of ether oxygens (including phenoxy) is 1. The van der Waals surface area contributed by atoms with Gasteiger partial charge in [-0.25, -0.2) is 0 Å². The SMILES string of the molecule is COc1ccccc1C(C)(Cc1cc(C(F)(F)F)cc(C(F)(F)F)c1)N1CCC(c2ccccc2)CC1. The number of hydrogen-bond acceptors (Lipinski definition) is 2. The van der Waals surface area contributed by atoms with E-state index in [1.54, 1.807) is 18.2 Å². The summed E-state index contributed by atoms with van der Waals surface area (Å²) >= 11 is 0. The van der Waals surface area contributed by atoms with E-state index in [1.165, 1.54) is 12.7 Å². The predicted octanol–water partition coefficient (Wildman–Crippen LogP) is 8.07. The highest BCUT2D eigenvalue weighted by atomic mass is 19.4. The summed E-state index contributed by atoms with van der Waals surface area (Å²) in [6.45, 7) is 3.15. The molecule has 0 saturated carbocycles. The Morgan fingerprint density at radius 3 is 1.86 bits per heavy atom. The van der Waals surface area contributed by atoms with Gasteiger partial charge in [0.15, 0.2) is 0 Å². The van der Waals surface area contributed by atoms with Crippen LogP contribution in [0.3, 0.4) is 0 Å². The van der Waals surface area contributed by atoms with Gasteiger partial charge < -0.3 is 4.74 Å². The molecule has 8 heteroatoms. The first-order valence-electron chi connectivity index (χ1n) is 12.1. The minimum absolute atomic E-state index is 0.0271. The Balaban J connectivity index is 1.74. The van der Waals surface area contributed by atoms with Gasteiger partial charge in [-0.15, -0.1) is 0 Å². The largest absolute Gasteiger partial charge is 0.496 e. The van der Waals surface area contributed by atoms with E-state index in [9.17, 15) is 26.3 Å². The number of methoxy groups -OCH3 is 1. The van der Waals surface area contributed by atoms with Crippen molar-refractivity contribution >= 4 is 0 Å². The molecule has 0 N–H and O–H groups in total. The van der Waals surface area contributed by atoms with E-state index in [1.807, 2.05) is 31.2 Å². The Bertz CT molecular complexity index is 1170. The number of likely N-dealkylation sites (tertiary alicyclic amines) is 1. The lowest BCUT2D eigenvalue weighted by Gasteiger charge is -2.46. The van der Waals surface area contributed by atoms with Crippen LogP contribution in [0.15, 0.2) is 72.8 Å². The van der Waals surface area contributed by atoms with E-state index in [0.717, 1.165) is 30.5 Å². The Morgan fingerprint density at radius 1 is 0.784 bits per heavy atom. The molecule has 0 radical (unpaired) electrons. The molecule has 3 aromatic carbocycles. The fourth-order valence-corrected chi connectivity index (χ4v) is 5.42. The van der Waals surface area contributed by atoms with Crippen molar-refractivity contribution in [3.63, 3.8) is 0 Å². The fourth-order valence-electron chi connectivity index (χ4n) is 5.42. The lowest BCUT2D eigenvalue weighted by Crippen LogP contribution is -2.49. The molecule has 3 aromatic rings. The van der Waals surface area contributed by atoms with Gasteiger partial charge >= 0.3 is 12.4 Å². The molecule has 1 fully saturated rings. The molecule has 0 bridgehead atoms. The van der Waals surface area contributed by atoms with Gasteiger partial charge in [-0.05, 0) is 80.6 Å². The number of alkyl halides is 6. The highest BCUT2D eigenvalue weighted by Gasteiger charge is 2.41. The highest BCUT2D eigenvalue weighted by molar-refractivity contribution is 5.42. The maximum absolute atomic E-state index is 13.6. The van der Waals surface area contributed by atoms with E-state index in [2.05, 4.69) is 17.0 Å². The number of halogens is 6. The second kappa shape index (κ2) is 10.4. The normalized spacial score (nSPS) is 17.4. The lowest BCUT2D eigenvalue weighted by atomic mass is 9.79. The van der Waals surface area contributed by atoms with Crippen LogP contribution in [-0.4, -0.2) is 25.1 Å². The zero-order valence-corrected chi connectivity index (χ0v) is 20.7. The van der Waals surface area contributed by atoms with Crippen LogP contribution in [0.25, 0.3) is 0 Å². The van der Waals surface area contributed by atoms with Crippen LogP contribution < -0.4 is 4.74 Å². The molecule has 0 spiro atoms. The van der Waals surface area contributed by atoms with Gasteiger partial charge in [-0.1, -0.05) is 48.5 Å². The number of rotatable bonds is 6. The summed E-state index contributed by atoms with van der Waals surface area (Å²) in [6.07, 6.45) is -8.19. The Morgan fingerprint density at radius 2 is 1.32 bits per heavy atom. The monoisotopic (exact) mass is 521 g/mol. The third-order valence-electron chi connectivity index (χ3n) is 7.35. The first-order valence-corrected chi connectivity index (χ1v) is 12.1. The molecule has 198 valence electrons. The molecular weight excluding hydrogens is 492 g/mol. The van der Waals surface area contributed by atoms with Crippen molar-refractivity contribution in [3.8, 4) is 5.75 Å². The van der Waals surface area contributed by atoms with Crippen molar-refractivity contribution in [2.45, 2.75) is 50.0 Å². The highest BCUT2D eigenvalue weighted by Crippen LogP contribution is 2.43. The van der Waals surface area contributed by atoms with Gasteiger partial charge in [0.2, 0.25) is 0 Å². The molecule has 0 aromatic heterocycles. The van der Waals surface area contributed by atoms with E-state index in [0.29, 0.717) is 24.8 Å². The van der Waals surface area contributed by atoms with Crippen molar-refractivity contribution in [2.75, 3.05) is 20.2 Å². The van der Waals surface area contributed by atoms with E-state index < -0.39 is 29.0 Å². The molecule has 1 heterocycles. The Hall–Kier alpha value is -3.00. The van der Waals surface area contributed by atoms with Gasteiger partial charge in [0, 0.05) is 5.56 Å². The number of nitrogens with zero attached hydrogens (tertiary/aromatic N) is 1. The van der Waals surface area contributed by atoms with E-state index in [-0.39, 0.29) is 18.1 Å². The third-order valence-corrected chi connectivity index (χ3v) is 7.35. The standard InChI is InChI=1S/C29H29F6NO/c1-27(25-10-6-7-11-26(25)37-2,36-14-12-22(13-15-36)21-8-4-3-5-9-21)19-20-16-23(28(30,31)32)18-24(17-20)29(33,34)35/h3-11,16-18,22H,12-15,19H2,1-2H3. The van der Waals surface area contributed by atoms with Gasteiger partial charge in [0.05, 0.1) is 23.8 Å². The van der Waals surface area contributed by atoms with Crippen LogP contribution >= 0.6 is 0 Å². The number of hydrogen-bond donors (Lipinski definition) is 0. The van der Waals surface area contributed by atoms with Crippen LogP contribution in [0.4, 0.5) is 26.3 Å². The van der Waals surface area contributed by atoms with Crippen LogP contribution in [0.1, 0.15) is 53.5 Å². The number of piperidine rings is 1. The summed E-state index contributed by atoms with van der Waals surface area (Å²) in [6, 6.07) is 19.1. The van der Waals surface area contributed by atoms with Crippen LogP contribution in [0.5, 0.6) is 5.75 Å². The molecule has 1 saturated heterocycles. The zero-order chi connectivity index (χ0) is 26.8. The summed E-state index contributed by atoms with van der Waals surface area (Å²) in [4.78, 5) is 2.16. The molecule has 1 atom stereocenters. The average Bonchev–Trinajstić information content (AvgIpc) is 2.88. The summed E-state index contributed by atoms with van der Waals surface area (Å²) in [5.74, 6) is 0.878. The average molecular weight is 522 g/mol. The van der Waals surface area contributed by atoms with Crippen molar-refractivity contribution in [3.05, 3.63) is 101 Å². The lowest BCUT2D eigenvalue weighted by molar-refractivity contribution is -0.143. The molecule has 37 heavy (non-hydrogen) atoms. The van der Waals surface area contributed by atoms with Crippen molar-refractivity contribution in [1.29, 1.82) is 0 Å². The van der Waals surface area contributed by atoms with Gasteiger partial charge in [-0.3, -0.25) is 4.90 Å². The maximum atomic E-state index is 13.6. The first-order chi connectivity index (χ1) is 17.4. The quantitative estimate of drug-likeness (QED) is 0.304. The zero-order valence-electron chi connectivity index (χ0n) is 20.7. The third kappa shape index (κ3) is 5.95. The van der Waals surface area contributed by atoms with Crippen LogP contribution in [0.2, 0.25) is 0 Å². The maximum Gasteiger partial charge on any atom is 0.416 e. The van der Waals surface area contributed by atoms with Crippen LogP contribution in [-0.2, 0) is 24.3 Å². The summed E-state index contributed by atoms with van der Waals surface area (Å²) in [7, 11) is 1.51. The van der Waals surface area contributed by atoms with Gasteiger partial charge in [-0.2, -0.15) is 26.3 Å². The Labute approximate surface area is 212 Å². The molecule has 1 aliphatic rings. The topological polar surface area (TPSA) is 12.5 Å². The number of benzene rings is 3. The summed E-state index contributed by atoms with van der Waals surface area (Å²) in [5.41, 5.74) is -1.58. The molecule has 0 amide bonds. The minimum Gasteiger partial charge on any atom is -0.496 e. The van der Waals surface area contributed by atoms with Crippen molar-refractivity contribution in [2.24, 2.45) is 0 Å². The van der Waals surface area contributed by atoms with E-state index in [4.69, 9.17) is 4.74 Å². The molecule has 2 nitrogen and oxygen atoms in total. The molecule has 1 unspecified atom stereocenters. The van der Waals surface area contributed by atoms with E-state index >= 15 is 0 Å². The molecule has 4 rings (SSSR count). The molecular formula is C29H29F6NO. The predicted molar refractivity (Wildman–Crippen MR) is 130 cm³/mol. The first kappa shape index (κ1) is 27.0. The molecule has 0 aliphatic carbocycles. The second-order valence-electron chi connectivity index (χ2n) is 9.74. The van der Waals surface area contributed by atoms with Crippen LogP contribution in [0, 0.1) is 0 Å². The van der Waals surface area contributed by atoms with Gasteiger partial charge in [0.1, 0.15) is 5.75 Å². The van der Waals surface area contributed by atoms with Crippen molar-refractivity contribution in [1.82, 2.24) is 4.90 Å². The summed E-state index contributed by atoms with van der Waals surface area (Å²) in [5, 5.41) is 0. The smallest absolute Gasteiger partial charge is 0.416 e. The number of para-hydroxylation sites is 1. The molecule has 1 aliphatic heterocycles. The second-order valence-corrected chi connectivity index (χ2v) is 9.74. The Kier molecular flexibility index (Phi) is 7.60. The van der Waals surface area contributed by atoms with Gasteiger partial charge in [0.25, 0.3) is 0 Å².